The van der Waals surface area contributed by atoms with Crippen molar-refractivity contribution in [3.05, 3.63) is 38.3 Å². The second-order valence-electron chi connectivity index (χ2n) is 4.94. The summed E-state index contributed by atoms with van der Waals surface area (Å²) < 4.78 is 1.96. The minimum Gasteiger partial charge on any atom is -0.304 e. The average molecular weight is 332 g/mol. The standard InChI is InChI=1S/C14H19Cl2N3S/c1-4-6-17-12(14-10(15)5-7-20-14)13-11(16)8-18-19(13)9(2)3/h5,7-9,12,17H,4,6H2,1-3H3. The first-order valence-corrected chi connectivity index (χ1v) is 8.39. The Morgan fingerprint density at radius 1 is 1.35 bits per heavy atom. The molecule has 1 unspecified atom stereocenters. The van der Waals surface area contributed by atoms with Gasteiger partial charge in [-0.15, -0.1) is 11.3 Å². The molecule has 0 amide bonds. The van der Waals surface area contributed by atoms with Gasteiger partial charge in [0.15, 0.2) is 0 Å². The highest BCUT2D eigenvalue weighted by molar-refractivity contribution is 7.10. The Morgan fingerprint density at radius 3 is 2.65 bits per heavy atom. The normalized spacial score (nSPS) is 13.1. The van der Waals surface area contributed by atoms with Crippen molar-refractivity contribution in [2.75, 3.05) is 6.54 Å². The maximum Gasteiger partial charge on any atom is 0.0872 e. The van der Waals surface area contributed by atoms with Gasteiger partial charge in [-0.25, -0.2) is 0 Å². The van der Waals surface area contributed by atoms with Gasteiger partial charge in [0.05, 0.1) is 28.0 Å². The summed E-state index contributed by atoms with van der Waals surface area (Å²) in [6.45, 7) is 7.24. The molecule has 0 aliphatic carbocycles. The molecule has 2 aromatic rings. The van der Waals surface area contributed by atoms with Crippen LogP contribution in [0.4, 0.5) is 0 Å². The van der Waals surface area contributed by atoms with E-state index in [9.17, 15) is 0 Å². The van der Waals surface area contributed by atoms with E-state index in [2.05, 4.69) is 31.2 Å². The molecule has 1 atom stereocenters. The van der Waals surface area contributed by atoms with Crippen molar-refractivity contribution in [3.63, 3.8) is 0 Å². The van der Waals surface area contributed by atoms with Crippen LogP contribution < -0.4 is 5.32 Å². The third kappa shape index (κ3) is 3.19. The number of hydrogen-bond acceptors (Lipinski definition) is 3. The Bertz CT molecular complexity index is 563. The van der Waals surface area contributed by atoms with Gasteiger partial charge in [-0.05, 0) is 38.3 Å². The maximum atomic E-state index is 6.37. The number of nitrogens with one attached hydrogen (secondary N) is 1. The molecular weight excluding hydrogens is 313 g/mol. The van der Waals surface area contributed by atoms with Gasteiger partial charge in [0.2, 0.25) is 0 Å². The van der Waals surface area contributed by atoms with E-state index >= 15 is 0 Å². The highest BCUT2D eigenvalue weighted by Crippen LogP contribution is 2.36. The van der Waals surface area contributed by atoms with E-state index in [-0.39, 0.29) is 12.1 Å². The van der Waals surface area contributed by atoms with Crippen molar-refractivity contribution in [2.24, 2.45) is 0 Å². The van der Waals surface area contributed by atoms with Crippen molar-refractivity contribution < 1.29 is 0 Å². The monoisotopic (exact) mass is 331 g/mol. The molecule has 0 spiro atoms. The lowest BCUT2D eigenvalue weighted by Crippen LogP contribution is -2.26. The van der Waals surface area contributed by atoms with Gasteiger partial charge in [-0.3, -0.25) is 4.68 Å². The van der Waals surface area contributed by atoms with Gasteiger partial charge < -0.3 is 5.32 Å². The molecule has 0 fully saturated rings. The van der Waals surface area contributed by atoms with Crippen LogP contribution in [0.3, 0.4) is 0 Å². The molecule has 0 bridgehead atoms. The van der Waals surface area contributed by atoms with Gasteiger partial charge >= 0.3 is 0 Å². The van der Waals surface area contributed by atoms with Crippen LogP contribution in [-0.2, 0) is 0 Å². The van der Waals surface area contributed by atoms with Crippen LogP contribution in [0, 0.1) is 0 Å². The molecule has 3 nitrogen and oxygen atoms in total. The zero-order valence-corrected chi connectivity index (χ0v) is 14.2. The molecule has 0 saturated carbocycles. The highest BCUT2D eigenvalue weighted by Gasteiger charge is 2.25. The van der Waals surface area contributed by atoms with E-state index in [1.807, 2.05) is 16.1 Å². The molecule has 2 rings (SSSR count). The van der Waals surface area contributed by atoms with Gasteiger partial charge in [0.25, 0.3) is 0 Å². The van der Waals surface area contributed by atoms with Crippen LogP contribution in [0.1, 0.15) is 49.8 Å². The second kappa shape index (κ2) is 6.94. The van der Waals surface area contributed by atoms with Crippen molar-refractivity contribution in [2.45, 2.75) is 39.3 Å². The largest absolute Gasteiger partial charge is 0.304 e. The van der Waals surface area contributed by atoms with Crippen molar-refractivity contribution in [3.8, 4) is 0 Å². The first-order chi connectivity index (χ1) is 9.56. The Morgan fingerprint density at radius 2 is 2.10 bits per heavy atom. The SMILES string of the molecule is CCCNC(c1sccc1Cl)c1c(Cl)cnn1C(C)C. The first kappa shape index (κ1) is 15.8. The van der Waals surface area contributed by atoms with Crippen molar-refractivity contribution >= 4 is 34.5 Å². The lowest BCUT2D eigenvalue weighted by atomic mass is 10.1. The van der Waals surface area contributed by atoms with Gasteiger partial charge in [0, 0.05) is 10.9 Å². The summed E-state index contributed by atoms with van der Waals surface area (Å²) in [4.78, 5) is 1.09. The summed E-state index contributed by atoms with van der Waals surface area (Å²) in [5.74, 6) is 0. The molecule has 2 heterocycles. The molecule has 0 radical (unpaired) electrons. The fourth-order valence-electron chi connectivity index (χ4n) is 2.15. The second-order valence-corrected chi connectivity index (χ2v) is 6.70. The Hall–Kier alpha value is -0.550. The van der Waals surface area contributed by atoms with Crippen LogP contribution in [0.15, 0.2) is 17.6 Å². The third-order valence-corrected chi connectivity index (χ3v) is 4.77. The number of aromatic nitrogens is 2. The maximum absolute atomic E-state index is 6.37. The Kier molecular flexibility index (Phi) is 5.49. The van der Waals surface area contributed by atoms with Gasteiger partial charge in [0.1, 0.15) is 0 Å². The lowest BCUT2D eigenvalue weighted by molar-refractivity contribution is 0.474. The number of rotatable bonds is 6. The predicted molar refractivity (Wildman–Crippen MR) is 87.1 cm³/mol. The van der Waals surface area contributed by atoms with Crippen LogP contribution in [0.25, 0.3) is 0 Å². The van der Waals surface area contributed by atoms with E-state index in [1.165, 1.54) is 0 Å². The van der Waals surface area contributed by atoms with Crippen molar-refractivity contribution in [1.29, 1.82) is 0 Å². The Labute approximate surface area is 133 Å². The fourth-order valence-corrected chi connectivity index (χ4v) is 3.63. The molecule has 0 aromatic carbocycles. The molecule has 20 heavy (non-hydrogen) atoms. The fraction of sp³-hybridized carbons (Fsp3) is 0.500. The van der Waals surface area contributed by atoms with Crippen LogP contribution in [0.2, 0.25) is 10.0 Å². The number of halogens is 2. The van der Waals surface area contributed by atoms with Gasteiger partial charge in [-0.1, -0.05) is 30.1 Å². The molecule has 2 aromatic heterocycles. The van der Waals surface area contributed by atoms with E-state index < -0.39 is 0 Å². The molecule has 0 saturated heterocycles. The zero-order chi connectivity index (χ0) is 14.7. The lowest BCUT2D eigenvalue weighted by Gasteiger charge is -2.21. The number of nitrogens with zero attached hydrogens (tertiary/aromatic N) is 2. The van der Waals surface area contributed by atoms with E-state index in [0.29, 0.717) is 5.02 Å². The minimum atomic E-state index is -0.0140. The summed E-state index contributed by atoms with van der Waals surface area (Å²) in [7, 11) is 0. The van der Waals surface area contributed by atoms with Crippen LogP contribution in [-0.4, -0.2) is 16.3 Å². The summed E-state index contributed by atoms with van der Waals surface area (Å²) in [5, 5.41) is 11.4. The Balaban J connectivity index is 2.46. The van der Waals surface area contributed by atoms with Crippen LogP contribution >= 0.6 is 34.5 Å². The summed E-state index contributed by atoms with van der Waals surface area (Å²) in [5.41, 5.74) is 0.986. The quantitative estimate of drug-likeness (QED) is 0.813. The molecule has 110 valence electrons. The van der Waals surface area contributed by atoms with E-state index in [1.54, 1.807) is 17.5 Å². The molecular formula is C14H19Cl2N3S. The van der Waals surface area contributed by atoms with E-state index in [0.717, 1.165) is 28.6 Å². The minimum absolute atomic E-state index is 0.0140. The third-order valence-electron chi connectivity index (χ3n) is 3.05. The molecule has 0 aliphatic heterocycles. The first-order valence-electron chi connectivity index (χ1n) is 6.75. The van der Waals surface area contributed by atoms with Gasteiger partial charge in [-0.2, -0.15) is 5.10 Å². The number of thiophene rings is 1. The highest BCUT2D eigenvalue weighted by atomic mass is 35.5. The smallest absolute Gasteiger partial charge is 0.0872 e. The summed E-state index contributed by atoms with van der Waals surface area (Å²) >= 11 is 14.3. The average Bonchev–Trinajstić information content (AvgIpc) is 2.98. The van der Waals surface area contributed by atoms with Crippen molar-refractivity contribution in [1.82, 2.24) is 15.1 Å². The summed E-state index contributed by atoms with van der Waals surface area (Å²) in [6, 6.07) is 2.16. The summed E-state index contributed by atoms with van der Waals surface area (Å²) in [6.07, 6.45) is 2.76. The molecule has 0 aliphatic rings. The topological polar surface area (TPSA) is 29.9 Å². The predicted octanol–water partition coefficient (Wildman–Crippen LogP) is 4.92. The van der Waals surface area contributed by atoms with Crippen LogP contribution in [0.5, 0.6) is 0 Å². The number of hydrogen-bond donors (Lipinski definition) is 1. The molecule has 1 N–H and O–H groups in total. The van der Waals surface area contributed by atoms with E-state index in [4.69, 9.17) is 23.2 Å². The zero-order valence-electron chi connectivity index (χ0n) is 11.9. The molecule has 6 heteroatoms.